The predicted octanol–water partition coefficient (Wildman–Crippen LogP) is 1.87. The summed E-state index contributed by atoms with van der Waals surface area (Å²) in [5.74, 6) is 0.768. The van der Waals surface area contributed by atoms with Gasteiger partial charge in [0, 0.05) is 18.5 Å². The number of carbonyl (C=O) groups is 1. The third-order valence-corrected chi connectivity index (χ3v) is 3.99. The van der Waals surface area contributed by atoms with Gasteiger partial charge in [0.05, 0.1) is 13.3 Å². The van der Waals surface area contributed by atoms with Crippen molar-refractivity contribution >= 4 is 5.78 Å². The molecular weight excluding hydrogens is 242 g/mol. The number of nitrogens with zero attached hydrogens (tertiary/aromatic N) is 2. The van der Waals surface area contributed by atoms with Gasteiger partial charge in [-0.05, 0) is 26.3 Å². The van der Waals surface area contributed by atoms with Crippen LogP contribution in [0.5, 0.6) is 5.75 Å². The van der Waals surface area contributed by atoms with Crippen LogP contribution < -0.4 is 10.1 Å². The molecular formula is C14H23N3O2. The van der Waals surface area contributed by atoms with Crippen LogP contribution in [0.15, 0.2) is 6.20 Å². The molecule has 1 N–H and O–H groups in total. The highest BCUT2D eigenvalue weighted by atomic mass is 16.5. The van der Waals surface area contributed by atoms with Crippen LogP contribution in [0, 0.1) is 5.41 Å². The van der Waals surface area contributed by atoms with Crippen LogP contribution in [0.1, 0.15) is 43.6 Å². The van der Waals surface area contributed by atoms with Crippen molar-refractivity contribution in [1.29, 1.82) is 0 Å². The summed E-state index contributed by atoms with van der Waals surface area (Å²) in [5, 5.41) is 7.56. The zero-order chi connectivity index (χ0) is 13.9. The van der Waals surface area contributed by atoms with E-state index < -0.39 is 0 Å². The summed E-state index contributed by atoms with van der Waals surface area (Å²) in [4.78, 5) is 13.0. The van der Waals surface area contributed by atoms with Crippen molar-refractivity contribution in [2.45, 2.75) is 39.7 Å². The van der Waals surface area contributed by atoms with Crippen molar-refractivity contribution < 1.29 is 9.53 Å². The van der Waals surface area contributed by atoms with Crippen LogP contribution in [0.3, 0.4) is 0 Å². The zero-order valence-electron chi connectivity index (χ0n) is 12.0. The lowest BCUT2D eigenvalue weighted by molar-refractivity contribution is 0.0786. The highest BCUT2D eigenvalue weighted by Crippen LogP contribution is 2.37. The summed E-state index contributed by atoms with van der Waals surface area (Å²) in [6, 6.07) is 0. The van der Waals surface area contributed by atoms with E-state index in [1.807, 2.05) is 6.92 Å². The van der Waals surface area contributed by atoms with E-state index in [0.717, 1.165) is 32.4 Å². The Morgan fingerprint density at radius 3 is 2.89 bits per heavy atom. The molecule has 1 aromatic heterocycles. The van der Waals surface area contributed by atoms with Gasteiger partial charge in [-0.2, -0.15) is 5.10 Å². The Morgan fingerprint density at radius 1 is 1.58 bits per heavy atom. The van der Waals surface area contributed by atoms with Crippen molar-refractivity contribution in [2.24, 2.45) is 5.41 Å². The van der Waals surface area contributed by atoms with Gasteiger partial charge in [-0.25, -0.2) is 0 Å². The monoisotopic (exact) mass is 265 g/mol. The lowest BCUT2D eigenvalue weighted by Gasteiger charge is -2.26. The summed E-state index contributed by atoms with van der Waals surface area (Å²) >= 11 is 0. The molecule has 1 aromatic rings. The van der Waals surface area contributed by atoms with Gasteiger partial charge in [-0.15, -0.1) is 0 Å². The molecule has 5 heteroatoms. The molecule has 0 amide bonds. The number of aryl methyl sites for hydroxylation is 1. The summed E-state index contributed by atoms with van der Waals surface area (Å²) in [6.45, 7) is 6.47. The predicted molar refractivity (Wildman–Crippen MR) is 73.6 cm³/mol. The third kappa shape index (κ3) is 2.39. The maximum absolute atomic E-state index is 13.0. The lowest BCUT2D eigenvalue weighted by atomic mass is 9.77. The van der Waals surface area contributed by atoms with E-state index in [1.165, 1.54) is 0 Å². The third-order valence-electron chi connectivity index (χ3n) is 3.99. The van der Waals surface area contributed by atoms with E-state index in [0.29, 0.717) is 18.0 Å². The highest BCUT2D eigenvalue weighted by molar-refractivity contribution is 6.01. The van der Waals surface area contributed by atoms with Crippen molar-refractivity contribution in [3.05, 3.63) is 11.9 Å². The Balaban J connectivity index is 2.39. The van der Waals surface area contributed by atoms with Gasteiger partial charge >= 0.3 is 0 Å². The van der Waals surface area contributed by atoms with Crippen LogP contribution >= 0.6 is 0 Å². The normalized spacial score (nSPS) is 22.7. The Kier molecular flexibility index (Phi) is 4.24. The Labute approximate surface area is 114 Å². The Morgan fingerprint density at radius 2 is 2.37 bits per heavy atom. The van der Waals surface area contributed by atoms with Crippen LogP contribution in [0.25, 0.3) is 0 Å². The highest BCUT2D eigenvalue weighted by Gasteiger charge is 2.43. The minimum atomic E-state index is -0.283. The Bertz CT molecular complexity index is 426. The number of aromatic nitrogens is 2. The molecule has 1 fully saturated rings. The first-order chi connectivity index (χ1) is 9.18. The summed E-state index contributed by atoms with van der Waals surface area (Å²) in [5.41, 5.74) is 0.344. The van der Waals surface area contributed by atoms with Gasteiger partial charge in [-0.3, -0.25) is 9.48 Å². The number of nitrogens with one attached hydrogen (secondary N) is 1. The molecule has 0 radical (unpaired) electrons. The molecule has 0 aromatic carbocycles. The fraction of sp³-hybridized carbons (Fsp3) is 0.714. The van der Waals surface area contributed by atoms with E-state index in [2.05, 4.69) is 17.3 Å². The molecule has 0 saturated carbocycles. The number of hydrogen-bond acceptors (Lipinski definition) is 4. The molecule has 0 aliphatic carbocycles. The second-order valence-corrected chi connectivity index (χ2v) is 5.16. The first-order valence-electron chi connectivity index (χ1n) is 7.04. The zero-order valence-corrected chi connectivity index (χ0v) is 12.0. The SMILES string of the molecule is CCCC1(C(=O)c2c(OC)cnn2CC)CCNC1. The van der Waals surface area contributed by atoms with Gasteiger partial charge in [0.15, 0.2) is 11.5 Å². The number of carbonyl (C=O) groups excluding carboxylic acids is 1. The first kappa shape index (κ1) is 14.1. The molecule has 106 valence electrons. The van der Waals surface area contributed by atoms with Gasteiger partial charge in [-0.1, -0.05) is 13.3 Å². The first-order valence-corrected chi connectivity index (χ1v) is 7.04. The van der Waals surface area contributed by atoms with E-state index in [-0.39, 0.29) is 11.2 Å². The molecule has 0 bridgehead atoms. The second-order valence-electron chi connectivity index (χ2n) is 5.16. The molecule has 1 aliphatic rings. The fourth-order valence-electron chi connectivity index (χ4n) is 2.98. The summed E-state index contributed by atoms with van der Waals surface area (Å²) in [6.07, 6.45) is 4.46. The standard InChI is InChI=1S/C14H23N3O2/c1-4-6-14(7-8-15-10-14)13(18)12-11(19-3)9-16-17(12)5-2/h9,15H,4-8,10H2,1-3H3. The number of hydrogen-bond donors (Lipinski definition) is 1. The fourth-order valence-corrected chi connectivity index (χ4v) is 2.98. The maximum Gasteiger partial charge on any atom is 0.192 e. The van der Waals surface area contributed by atoms with E-state index in [9.17, 15) is 4.79 Å². The van der Waals surface area contributed by atoms with E-state index in [1.54, 1.807) is 18.0 Å². The van der Waals surface area contributed by atoms with Crippen molar-refractivity contribution in [3.8, 4) is 5.75 Å². The van der Waals surface area contributed by atoms with Crippen LogP contribution in [-0.4, -0.2) is 35.8 Å². The quantitative estimate of drug-likeness (QED) is 0.798. The number of ketones is 1. The van der Waals surface area contributed by atoms with E-state index >= 15 is 0 Å². The molecule has 5 nitrogen and oxygen atoms in total. The molecule has 1 atom stereocenters. The van der Waals surface area contributed by atoms with Crippen molar-refractivity contribution in [3.63, 3.8) is 0 Å². The summed E-state index contributed by atoms with van der Waals surface area (Å²) < 4.78 is 7.05. The minimum absolute atomic E-state index is 0.176. The molecule has 2 rings (SSSR count). The van der Waals surface area contributed by atoms with Gasteiger partial charge in [0.25, 0.3) is 0 Å². The number of rotatable bonds is 6. The minimum Gasteiger partial charge on any atom is -0.493 e. The molecule has 2 heterocycles. The molecule has 1 saturated heterocycles. The smallest absolute Gasteiger partial charge is 0.192 e. The average molecular weight is 265 g/mol. The number of ether oxygens (including phenoxy) is 1. The van der Waals surface area contributed by atoms with Crippen molar-refractivity contribution in [2.75, 3.05) is 20.2 Å². The largest absolute Gasteiger partial charge is 0.493 e. The van der Waals surface area contributed by atoms with Crippen LogP contribution in [0.4, 0.5) is 0 Å². The van der Waals surface area contributed by atoms with Gasteiger partial charge in [0.1, 0.15) is 5.69 Å². The molecule has 0 spiro atoms. The van der Waals surface area contributed by atoms with Crippen LogP contribution in [0.2, 0.25) is 0 Å². The van der Waals surface area contributed by atoms with E-state index in [4.69, 9.17) is 4.74 Å². The van der Waals surface area contributed by atoms with Gasteiger partial charge < -0.3 is 10.1 Å². The Hall–Kier alpha value is -1.36. The van der Waals surface area contributed by atoms with Crippen LogP contribution in [-0.2, 0) is 6.54 Å². The maximum atomic E-state index is 13.0. The number of methoxy groups -OCH3 is 1. The molecule has 1 unspecified atom stereocenters. The second kappa shape index (κ2) is 5.74. The topological polar surface area (TPSA) is 56.1 Å². The lowest BCUT2D eigenvalue weighted by Crippen LogP contribution is -2.35. The summed E-state index contributed by atoms with van der Waals surface area (Å²) in [7, 11) is 1.59. The number of Topliss-reactive ketones (excluding diaryl/α,β-unsaturated/α-hetero) is 1. The van der Waals surface area contributed by atoms with Crippen molar-refractivity contribution in [1.82, 2.24) is 15.1 Å². The molecule has 1 aliphatic heterocycles. The van der Waals surface area contributed by atoms with Gasteiger partial charge in [0.2, 0.25) is 0 Å². The molecule has 19 heavy (non-hydrogen) atoms. The average Bonchev–Trinajstić information content (AvgIpc) is 3.04.